The Labute approximate surface area is 96.7 Å². The molecule has 0 spiro atoms. The van der Waals surface area contributed by atoms with Gasteiger partial charge in [-0.15, -0.1) is 0 Å². The lowest BCUT2D eigenvalue weighted by atomic mass is 10.0. The molecule has 1 aliphatic carbocycles. The number of rotatable bonds is 3. The Morgan fingerprint density at radius 2 is 1.81 bits per heavy atom. The van der Waals surface area contributed by atoms with Crippen LogP contribution in [0.25, 0.3) is 0 Å². The van der Waals surface area contributed by atoms with Crippen molar-refractivity contribution in [3.05, 3.63) is 12.4 Å². The third-order valence-electron chi connectivity index (χ3n) is 4.48. The normalized spacial score (nSPS) is 21.8. The summed E-state index contributed by atoms with van der Waals surface area (Å²) < 4.78 is 0. The lowest BCUT2D eigenvalue weighted by Gasteiger charge is -2.06. The predicted molar refractivity (Wildman–Crippen MR) is 66.0 cm³/mol. The zero-order valence-corrected chi connectivity index (χ0v) is 10.4. The monoisotopic (exact) mass is 220 g/mol. The van der Waals surface area contributed by atoms with Gasteiger partial charge in [-0.2, -0.15) is 0 Å². The van der Waals surface area contributed by atoms with Crippen LogP contribution in [0.15, 0.2) is 12.4 Å². The van der Waals surface area contributed by atoms with Crippen LogP contribution in [0, 0.1) is 16.7 Å². The molecule has 1 fully saturated rings. The molecule has 2 rings (SSSR count). The summed E-state index contributed by atoms with van der Waals surface area (Å²) in [5, 5.41) is 3.32. The van der Waals surface area contributed by atoms with Crippen molar-refractivity contribution < 1.29 is 0 Å². The Hall–Kier alpha value is -1.32. The molecule has 0 unspecified atom stereocenters. The van der Waals surface area contributed by atoms with Gasteiger partial charge in [0.15, 0.2) is 0 Å². The van der Waals surface area contributed by atoms with Crippen LogP contribution in [0.1, 0.15) is 27.7 Å². The average molecular weight is 220 g/mol. The van der Waals surface area contributed by atoms with E-state index in [4.69, 9.17) is 5.73 Å². The molecule has 1 saturated carbocycles. The van der Waals surface area contributed by atoms with Crippen molar-refractivity contribution in [2.75, 3.05) is 17.6 Å². The van der Waals surface area contributed by atoms with Crippen LogP contribution < -0.4 is 11.1 Å². The number of hydrogen-bond donors (Lipinski definition) is 2. The number of nitrogens with one attached hydrogen (secondary N) is 1. The second kappa shape index (κ2) is 3.34. The van der Waals surface area contributed by atoms with Crippen molar-refractivity contribution in [3.8, 4) is 0 Å². The van der Waals surface area contributed by atoms with E-state index in [0.717, 1.165) is 12.4 Å². The summed E-state index contributed by atoms with van der Waals surface area (Å²) in [6.45, 7) is 10.2. The van der Waals surface area contributed by atoms with Crippen LogP contribution in [0.5, 0.6) is 0 Å². The maximum atomic E-state index is 5.48. The van der Waals surface area contributed by atoms with E-state index in [0.29, 0.717) is 22.6 Å². The molecule has 0 amide bonds. The number of nitrogens with two attached hydrogens (primary N) is 1. The van der Waals surface area contributed by atoms with Crippen molar-refractivity contribution in [1.82, 2.24) is 9.97 Å². The second-order valence-corrected chi connectivity index (χ2v) is 5.70. The van der Waals surface area contributed by atoms with E-state index in [2.05, 4.69) is 43.0 Å². The molecule has 0 atom stereocenters. The van der Waals surface area contributed by atoms with E-state index < -0.39 is 0 Å². The van der Waals surface area contributed by atoms with Crippen LogP contribution in [0.4, 0.5) is 11.6 Å². The Bertz CT molecular complexity index is 367. The highest BCUT2D eigenvalue weighted by Crippen LogP contribution is 2.68. The summed E-state index contributed by atoms with van der Waals surface area (Å²) >= 11 is 0. The SMILES string of the molecule is CC1(C)C(CNc2cnc(N)cn2)C1(C)C. The van der Waals surface area contributed by atoms with Gasteiger partial charge in [-0.05, 0) is 16.7 Å². The summed E-state index contributed by atoms with van der Waals surface area (Å²) in [5.41, 5.74) is 6.29. The average Bonchev–Trinajstić information content (AvgIpc) is 2.58. The van der Waals surface area contributed by atoms with Crippen molar-refractivity contribution in [2.45, 2.75) is 27.7 Å². The fraction of sp³-hybridized carbons (Fsp3) is 0.667. The third kappa shape index (κ3) is 1.62. The molecule has 3 N–H and O–H groups in total. The van der Waals surface area contributed by atoms with Gasteiger partial charge in [0.25, 0.3) is 0 Å². The lowest BCUT2D eigenvalue weighted by Crippen LogP contribution is -2.09. The predicted octanol–water partition coefficient (Wildman–Crippen LogP) is 2.15. The van der Waals surface area contributed by atoms with Crippen LogP contribution in [0.2, 0.25) is 0 Å². The van der Waals surface area contributed by atoms with E-state index in [1.165, 1.54) is 0 Å². The lowest BCUT2D eigenvalue weighted by molar-refractivity contribution is 0.457. The topological polar surface area (TPSA) is 63.8 Å². The van der Waals surface area contributed by atoms with Gasteiger partial charge in [0.1, 0.15) is 11.6 Å². The number of anilines is 2. The van der Waals surface area contributed by atoms with Gasteiger partial charge in [0.2, 0.25) is 0 Å². The summed E-state index contributed by atoms with van der Waals surface area (Å²) in [7, 11) is 0. The number of nitrogens with zero attached hydrogens (tertiary/aromatic N) is 2. The molecule has 1 heterocycles. The Balaban J connectivity index is 1.93. The minimum Gasteiger partial charge on any atom is -0.382 e. The molecule has 0 bridgehead atoms. The first-order chi connectivity index (χ1) is 7.35. The Morgan fingerprint density at radius 3 is 2.25 bits per heavy atom. The fourth-order valence-electron chi connectivity index (χ4n) is 2.48. The summed E-state index contributed by atoms with van der Waals surface area (Å²) in [4.78, 5) is 8.18. The van der Waals surface area contributed by atoms with Gasteiger partial charge < -0.3 is 11.1 Å². The van der Waals surface area contributed by atoms with Gasteiger partial charge >= 0.3 is 0 Å². The largest absolute Gasteiger partial charge is 0.382 e. The molecule has 1 aromatic rings. The van der Waals surface area contributed by atoms with Gasteiger partial charge in [-0.3, -0.25) is 0 Å². The fourth-order valence-corrected chi connectivity index (χ4v) is 2.48. The quantitative estimate of drug-likeness (QED) is 0.819. The van der Waals surface area contributed by atoms with E-state index >= 15 is 0 Å². The van der Waals surface area contributed by atoms with Crippen LogP contribution in [-0.4, -0.2) is 16.5 Å². The van der Waals surface area contributed by atoms with Crippen molar-refractivity contribution in [3.63, 3.8) is 0 Å². The smallest absolute Gasteiger partial charge is 0.144 e. The van der Waals surface area contributed by atoms with Gasteiger partial charge in [-0.25, -0.2) is 9.97 Å². The zero-order valence-electron chi connectivity index (χ0n) is 10.4. The van der Waals surface area contributed by atoms with Crippen molar-refractivity contribution in [1.29, 1.82) is 0 Å². The van der Waals surface area contributed by atoms with Crippen molar-refractivity contribution in [2.24, 2.45) is 16.7 Å². The minimum atomic E-state index is 0.404. The molecule has 0 aliphatic heterocycles. The molecule has 4 nitrogen and oxygen atoms in total. The highest BCUT2D eigenvalue weighted by Gasteiger charge is 2.64. The Morgan fingerprint density at radius 1 is 1.19 bits per heavy atom. The molecule has 16 heavy (non-hydrogen) atoms. The maximum absolute atomic E-state index is 5.48. The molecular formula is C12H20N4. The van der Waals surface area contributed by atoms with Gasteiger partial charge in [-0.1, -0.05) is 27.7 Å². The van der Waals surface area contributed by atoms with Crippen LogP contribution in [0.3, 0.4) is 0 Å². The first-order valence-electron chi connectivity index (χ1n) is 5.67. The molecule has 0 radical (unpaired) electrons. The zero-order chi connectivity index (χ0) is 12.0. The molecular weight excluding hydrogens is 200 g/mol. The molecule has 0 aromatic carbocycles. The minimum absolute atomic E-state index is 0.404. The molecule has 1 aromatic heterocycles. The standard InChI is InChI=1S/C12H20N4/c1-11(2)8(12(11,3)4)5-15-10-7-14-9(13)6-16-10/h6-8H,5H2,1-4H3,(H2,13,14)(H,15,16). The molecule has 4 heteroatoms. The van der Waals surface area contributed by atoms with Crippen LogP contribution >= 0.6 is 0 Å². The molecule has 0 saturated heterocycles. The van der Waals surface area contributed by atoms with Crippen molar-refractivity contribution >= 4 is 11.6 Å². The number of hydrogen-bond acceptors (Lipinski definition) is 4. The third-order valence-corrected chi connectivity index (χ3v) is 4.48. The summed E-state index contributed by atoms with van der Waals surface area (Å²) in [6, 6.07) is 0. The number of aromatic nitrogens is 2. The van der Waals surface area contributed by atoms with E-state index in [9.17, 15) is 0 Å². The summed E-state index contributed by atoms with van der Waals surface area (Å²) in [5.74, 6) is 1.93. The Kier molecular flexibility index (Phi) is 2.33. The first-order valence-corrected chi connectivity index (χ1v) is 5.67. The first kappa shape index (κ1) is 11.2. The molecule has 88 valence electrons. The van der Waals surface area contributed by atoms with E-state index in [-0.39, 0.29) is 0 Å². The summed E-state index contributed by atoms with van der Waals surface area (Å²) in [6.07, 6.45) is 3.25. The highest BCUT2D eigenvalue weighted by atomic mass is 15.0. The maximum Gasteiger partial charge on any atom is 0.144 e. The van der Waals surface area contributed by atoms with Crippen LogP contribution in [-0.2, 0) is 0 Å². The highest BCUT2D eigenvalue weighted by molar-refractivity contribution is 5.36. The van der Waals surface area contributed by atoms with Gasteiger partial charge in [0.05, 0.1) is 12.4 Å². The number of nitrogen functional groups attached to an aromatic ring is 1. The van der Waals surface area contributed by atoms with E-state index in [1.54, 1.807) is 12.4 Å². The van der Waals surface area contributed by atoms with E-state index in [1.807, 2.05) is 0 Å². The second-order valence-electron chi connectivity index (χ2n) is 5.70. The van der Waals surface area contributed by atoms with Gasteiger partial charge in [0, 0.05) is 6.54 Å². The molecule has 1 aliphatic rings.